The van der Waals surface area contributed by atoms with Crippen LogP contribution in [0.25, 0.3) is 0 Å². The van der Waals surface area contributed by atoms with E-state index in [0.717, 1.165) is 56.1 Å². The van der Waals surface area contributed by atoms with Crippen molar-refractivity contribution >= 4 is 41.3 Å². The number of carboxylic acids is 2. The molecule has 3 N–H and O–H groups in total. The fraction of sp³-hybridized carbons (Fsp3) is 0.735. The van der Waals surface area contributed by atoms with E-state index in [0.29, 0.717) is 36.4 Å². The number of ketones is 1. The summed E-state index contributed by atoms with van der Waals surface area (Å²) in [6, 6.07) is 7.59. The molecule has 0 unspecified atom stereocenters. The molecule has 5 aliphatic rings. The topological polar surface area (TPSA) is 156 Å². The van der Waals surface area contributed by atoms with E-state index in [1.165, 1.54) is 19.4 Å². The fourth-order valence-corrected chi connectivity index (χ4v) is 13.5. The molecule has 10 atom stereocenters. The van der Waals surface area contributed by atoms with Crippen LogP contribution in [0.4, 0.5) is 0 Å². The van der Waals surface area contributed by atoms with Crippen LogP contribution >= 0.6 is 11.6 Å². The highest BCUT2D eigenvalue weighted by Gasteiger charge is 2.70. The first-order valence-corrected chi connectivity index (χ1v) is 22.8. The normalized spacial score (nSPS) is 34.5. The number of aliphatic carboxylic acids is 2. The zero-order chi connectivity index (χ0) is 44.4. The van der Waals surface area contributed by atoms with E-state index in [-0.39, 0.29) is 65.1 Å². The predicted molar refractivity (Wildman–Crippen MR) is 230 cm³/mol. The second kappa shape index (κ2) is 16.5. The van der Waals surface area contributed by atoms with Crippen LogP contribution in [0.3, 0.4) is 0 Å². The Kier molecular flexibility index (Phi) is 12.7. The van der Waals surface area contributed by atoms with Crippen LogP contribution in [0.2, 0.25) is 5.02 Å². The van der Waals surface area contributed by atoms with Crippen LogP contribution in [0.15, 0.2) is 35.4 Å². The molecular formula is C49H70ClNO9. The maximum atomic E-state index is 14.5. The number of hydrogen-bond donors (Lipinski definition) is 3. The molecule has 5 aliphatic carbocycles. The Hall–Kier alpha value is -3.24. The molecule has 332 valence electrons. The average molecular weight is 853 g/mol. The molecule has 0 aliphatic heterocycles. The summed E-state index contributed by atoms with van der Waals surface area (Å²) in [6.45, 7) is 20.9. The van der Waals surface area contributed by atoms with Crippen molar-refractivity contribution < 1.29 is 43.7 Å². The lowest BCUT2D eigenvalue weighted by Crippen LogP contribution is -2.65. The van der Waals surface area contributed by atoms with Gasteiger partial charge in [-0.2, -0.15) is 0 Å². The highest BCUT2D eigenvalue weighted by atomic mass is 35.5. The molecule has 1 aromatic rings. The number of fused-ring (bicyclic) bond motifs is 7. The van der Waals surface area contributed by atoms with Gasteiger partial charge in [-0.05, 0) is 154 Å². The molecular weight excluding hydrogens is 782 g/mol. The summed E-state index contributed by atoms with van der Waals surface area (Å²) in [6.07, 6.45) is 6.05. The van der Waals surface area contributed by atoms with Gasteiger partial charge in [-0.3, -0.25) is 24.0 Å². The van der Waals surface area contributed by atoms with Crippen molar-refractivity contribution in [3.8, 4) is 0 Å². The number of halogens is 1. The molecule has 10 nitrogen and oxygen atoms in total. The van der Waals surface area contributed by atoms with Gasteiger partial charge in [0.15, 0.2) is 5.78 Å². The second-order valence-electron chi connectivity index (χ2n) is 21.8. The molecule has 0 aromatic heterocycles. The van der Waals surface area contributed by atoms with Crippen molar-refractivity contribution in [1.82, 2.24) is 5.32 Å². The molecule has 0 spiro atoms. The van der Waals surface area contributed by atoms with Gasteiger partial charge in [0.1, 0.15) is 12.2 Å². The Balaban J connectivity index is 1.31. The number of esters is 2. The summed E-state index contributed by atoms with van der Waals surface area (Å²) < 4.78 is 12.6. The minimum atomic E-state index is -1.31. The molecule has 4 saturated carbocycles. The minimum absolute atomic E-state index is 0.0134. The first-order valence-electron chi connectivity index (χ1n) is 22.4. The zero-order valence-corrected chi connectivity index (χ0v) is 38.4. The predicted octanol–water partition coefficient (Wildman–Crippen LogP) is 9.85. The van der Waals surface area contributed by atoms with Gasteiger partial charge in [0, 0.05) is 29.9 Å². The van der Waals surface area contributed by atoms with Crippen molar-refractivity contribution in [1.29, 1.82) is 0 Å². The molecule has 4 fully saturated rings. The van der Waals surface area contributed by atoms with E-state index in [1.807, 2.05) is 24.3 Å². The van der Waals surface area contributed by atoms with E-state index in [1.54, 1.807) is 13.8 Å². The fourth-order valence-electron chi connectivity index (χ4n) is 13.4. The molecule has 0 saturated heterocycles. The number of rotatable bonds is 14. The summed E-state index contributed by atoms with van der Waals surface area (Å²) in [5.41, 5.74) is -0.307. The third-order valence-electron chi connectivity index (χ3n) is 17.1. The highest BCUT2D eigenvalue weighted by molar-refractivity contribution is 6.30. The Bertz CT molecular complexity index is 1900. The largest absolute Gasteiger partial charge is 0.481 e. The van der Waals surface area contributed by atoms with Gasteiger partial charge in [-0.1, -0.05) is 65.3 Å². The molecule has 0 bridgehead atoms. The SMILES string of the molecule is CC(C)C1=C2[C@H]3CC[C@@H]4[C@@]5(C)CC[C@H](OC(=O)CC(C)(C)C(=O)O)[C@H](C)[C@@H]5CC[C@@]4(C)[C@]3(C)CC[C@@]2([C@@H](CNCc2ccc(Cl)cc2)OC(=O)CC(C)(C)C(=O)O)CC1=O. The number of carbonyl (C=O) groups excluding carboxylic acids is 3. The Morgan fingerprint density at radius 3 is 2.07 bits per heavy atom. The van der Waals surface area contributed by atoms with Gasteiger partial charge in [0.25, 0.3) is 0 Å². The van der Waals surface area contributed by atoms with Gasteiger partial charge in [-0.25, -0.2) is 0 Å². The maximum Gasteiger partial charge on any atom is 0.309 e. The minimum Gasteiger partial charge on any atom is -0.481 e. The Morgan fingerprint density at radius 2 is 1.47 bits per heavy atom. The van der Waals surface area contributed by atoms with Crippen molar-refractivity contribution in [2.24, 2.45) is 62.1 Å². The van der Waals surface area contributed by atoms with E-state index < -0.39 is 46.2 Å². The second-order valence-corrected chi connectivity index (χ2v) is 22.2. The number of nitrogens with one attached hydrogen (secondary N) is 1. The molecule has 0 heterocycles. The number of ether oxygens (including phenoxy) is 2. The lowest BCUT2D eigenvalue weighted by Gasteiger charge is -2.71. The monoisotopic (exact) mass is 851 g/mol. The third kappa shape index (κ3) is 7.99. The number of Topliss-reactive ketones (excluding diaryl/α,β-unsaturated/α-hetero) is 1. The van der Waals surface area contributed by atoms with Gasteiger partial charge in [0.2, 0.25) is 0 Å². The smallest absolute Gasteiger partial charge is 0.309 e. The molecule has 0 amide bonds. The third-order valence-corrected chi connectivity index (χ3v) is 17.3. The van der Waals surface area contributed by atoms with Gasteiger partial charge in [0.05, 0.1) is 23.7 Å². The molecule has 6 rings (SSSR count). The summed E-state index contributed by atoms with van der Waals surface area (Å²) in [5.74, 6) is -1.98. The van der Waals surface area contributed by atoms with Crippen LogP contribution < -0.4 is 5.32 Å². The summed E-state index contributed by atoms with van der Waals surface area (Å²) in [7, 11) is 0. The quantitative estimate of drug-likeness (QED) is 0.154. The van der Waals surface area contributed by atoms with Gasteiger partial charge >= 0.3 is 23.9 Å². The van der Waals surface area contributed by atoms with Crippen LogP contribution in [0, 0.1) is 62.1 Å². The van der Waals surface area contributed by atoms with E-state index in [4.69, 9.17) is 21.1 Å². The number of benzene rings is 1. The summed E-state index contributed by atoms with van der Waals surface area (Å²) in [5, 5.41) is 23.7. The van der Waals surface area contributed by atoms with Gasteiger partial charge in [-0.15, -0.1) is 0 Å². The summed E-state index contributed by atoms with van der Waals surface area (Å²) in [4.78, 5) is 65.2. The van der Waals surface area contributed by atoms with Crippen molar-refractivity contribution in [2.45, 2.75) is 159 Å². The van der Waals surface area contributed by atoms with Crippen LogP contribution in [-0.4, -0.2) is 58.6 Å². The lowest BCUT2D eigenvalue weighted by atomic mass is 9.33. The van der Waals surface area contributed by atoms with Crippen LogP contribution in [-0.2, 0) is 40.0 Å². The molecule has 0 radical (unpaired) electrons. The van der Waals surface area contributed by atoms with E-state index >= 15 is 0 Å². The number of hydrogen-bond acceptors (Lipinski definition) is 8. The first kappa shape index (κ1) is 46.3. The van der Waals surface area contributed by atoms with Crippen molar-refractivity contribution in [3.05, 3.63) is 46.0 Å². The van der Waals surface area contributed by atoms with Crippen LogP contribution in [0.5, 0.6) is 0 Å². The Labute approximate surface area is 362 Å². The lowest BCUT2D eigenvalue weighted by molar-refractivity contribution is -0.219. The van der Waals surface area contributed by atoms with Crippen molar-refractivity contribution in [3.63, 3.8) is 0 Å². The zero-order valence-electron chi connectivity index (χ0n) is 37.7. The van der Waals surface area contributed by atoms with E-state index in [9.17, 15) is 34.2 Å². The average Bonchev–Trinajstić information content (AvgIpc) is 3.46. The summed E-state index contributed by atoms with van der Waals surface area (Å²) >= 11 is 6.17. The first-order chi connectivity index (χ1) is 27.8. The molecule has 60 heavy (non-hydrogen) atoms. The van der Waals surface area contributed by atoms with E-state index in [2.05, 4.69) is 46.9 Å². The molecule has 1 aromatic carbocycles. The standard InChI is InChI=1S/C49H70ClNO9/c1-28(2)40-34(52)23-49(37(60-39(54)25-45(6,7)43(57)58)27-51-26-30-11-13-31(50)14-12-30)22-21-47(9)33(41(40)49)15-16-36-46(8)19-18-35(29(3)32(46)17-20-48(36,47)10)59-38(53)24-44(4,5)42(55)56/h11-14,28-29,32-33,35-37,51H,15-27H2,1-10H3,(H,55,56)(H,57,58)/t29-,32+,33-,35+,36-,37-,46+,47-,48-,49+/m1/s1. The number of carbonyl (C=O) groups is 5. The number of carboxylic acid groups (broad SMARTS) is 2. The van der Waals surface area contributed by atoms with Crippen molar-refractivity contribution in [2.75, 3.05) is 6.54 Å². The number of allylic oxidation sites excluding steroid dienone is 1. The Morgan fingerprint density at radius 1 is 0.850 bits per heavy atom. The molecule has 11 heteroatoms. The van der Waals surface area contributed by atoms with Gasteiger partial charge < -0.3 is 25.0 Å². The van der Waals surface area contributed by atoms with Crippen LogP contribution in [0.1, 0.15) is 145 Å². The highest BCUT2D eigenvalue weighted by Crippen LogP contribution is 2.76. The maximum absolute atomic E-state index is 14.5.